The molecule has 0 unspecified atom stereocenters. The molecule has 0 amide bonds. The van der Waals surface area contributed by atoms with Gasteiger partial charge in [0, 0.05) is 31.0 Å². The maximum atomic E-state index is 5.88. The molecule has 2 aromatic heterocycles. The van der Waals surface area contributed by atoms with Gasteiger partial charge in [0.15, 0.2) is 5.16 Å². The maximum Gasteiger partial charge on any atom is 0.228 e. The van der Waals surface area contributed by atoms with E-state index in [0.29, 0.717) is 11.6 Å². The van der Waals surface area contributed by atoms with E-state index in [1.165, 1.54) is 0 Å². The van der Waals surface area contributed by atoms with Crippen molar-refractivity contribution in [3.63, 3.8) is 0 Å². The number of anilines is 1. The van der Waals surface area contributed by atoms with Crippen molar-refractivity contribution in [3.8, 4) is 11.5 Å². The minimum atomic E-state index is 0.219. The molecular formula is C21H25N5O3S. The molecule has 158 valence electrons. The SMILES string of the molecule is c1ccc(-c2nc(CSc3nnc(N4CCOCC4)n3C[C@@H]3CCCO3)co2)cc1. The Morgan fingerprint density at radius 3 is 2.73 bits per heavy atom. The Bertz CT molecular complexity index is 949. The number of rotatable bonds is 7. The number of aromatic nitrogens is 4. The zero-order valence-electron chi connectivity index (χ0n) is 16.8. The number of nitrogens with zero attached hydrogens (tertiary/aromatic N) is 5. The molecule has 0 spiro atoms. The molecule has 0 aliphatic carbocycles. The second-order valence-corrected chi connectivity index (χ2v) is 8.37. The Morgan fingerprint density at radius 2 is 1.93 bits per heavy atom. The quantitative estimate of drug-likeness (QED) is 0.532. The summed E-state index contributed by atoms with van der Waals surface area (Å²) in [5, 5.41) is 9.89. The molecule has 1 atom stereocenters. The van der Waals surface area contributed by atoms with E-state index in [9.17, 15) is 0 Å². The summed E-state index contributed by atoms with van der Waals surface area (Å²) in [5.74, 6) is 2.21. The van der Waals surface area contributed by atoms with Crippen molar-refractivity contribution >= 4 is 17.7 Å². The Balaban J connectivity index is 1.32. The van der Waals surface area contributed by atoms with Gasteiger partial charge in [-0.25, -0.2) is 4.98 Å². The van der Waals surface area contributed by atoms with Crippen molar-refractivity contribution in [1.82, 2.24) is 19.7 Å². The number of thioether (sulfide) groups is 1. The molecule has 30 heavy (non-hydrogen) atoms. The lowest BCUT2D eigenvalue weighted by Crippen LogP contribution is -2.38. The average molecular weight is 428 g/mol. The van der Waals surface area contributed by atoms with E-state index in [2.05, 4.69) is 24.6 Å². The Labute approximate surface area is 179 Å². The first kappa shape index (κ1) is 19.6. The van der Waals surface area contributed by atoms with E-state index in [-0.39, 0.29) is 6.10 Å². The highest BCUT2D eigenvalue weighted by Crippen LogP contribution is 2.28. The molecule has 2 aliphatic rings. The first-order valence-electron chi connectivity index (χ1n) is 10.4. The third-order valence-electron chi connectivity index (χ3n) is 5.32. The van der Waals surface area contributed by atoms with Crippen LogP contribution in [0.1, 0.15) is 18.5 Å². The first-order chi connectivity index (χ1) is 14.9. The number of ether oxygens (including phenoxy) is 2. The van der Waals surface area contributed by atoms with Gasteiger partial charge in [0.2, 0.25) is 11.8 Å². The van der Waals surface area contributed by atoms with Crippen LogP contribution in [0, 0.1) is 0 Å². The minimum absolute atomic E-state index is 0.219. The fraction of sp³-hybridized carbons (Fsp3) is 0.476. The normalized spacial score (nSPS) is 19.5. The number of hydrogen-bond acceptors (Lipinski definition) is 8. The molecule has 8 nitrogen and oxygen atoms in total. The molecule has 9 heteroatoms. The molecule has 2 fully saturated rings. The second kappa shape index (κ2) is 9.20. The van der Waals surface area contributed by atoms with Crippen LogP contribution in [-0.2, 0) is 21.8 Å². The lowest BCUT2D eigenvalue weighted by molar-refractivity contribution is 0.0942. The van der Waals surface area contributed by atoms with Gasteiger partial charge in [0.1, 0.15) is 6.26 Å². The average Bonchev–Trinajstić information content (AvgIpc) is 3.56. The van der Waals surface area contributed by atoms with Crippen LogP contribution >= 0.6 is 11.8 Å². The third kappa shape index (κ3) is 4.38. The molecule has 2 aliphatic heterocycles. The summed E-state index contributed by atoms with van der Waals surface area (Å²) >= 11 is 1.63. The van der Waals surface area contributed by atoms with Crippen LogP contribution in [0.3, 0.4) is 0 Å². The first-order valence-corrected chi connectivity index (χ1v) is 11.4. The van der Waals surface area contributed by atoms with E-state index >= 15 is 0 Å². The molecule has 4 heterocycles. The van der Waals surface area contributed by atoms with Gasteiger partial charge in [-0.2, -0.15) is 0 Å². The highest BCUT2D eigenvalue weighted by molar-refractivity contribution is 7.98. The monoisotopic (exact) mass is 427 g/mol. The zero-order chi connectivity index (χ0) is 20.2. The molecule has 2 saturated heterocycles. The van der Waals surface area contributed by atoms with E-state index in [1.807, 2.05) is 30.3 Å². The Kier molecular flexibility index (Phi) is 6.01. The smallest absolute Gasteiger partial charge is 0.228 e. The van der Waals surface area contributed by atoms with Crippen LogP contribution in [0.15, 0.2) is 46.2 Å². The molecule has 0 N–H and O–H groups in total. The summed E-state index contributed by atoms with van der Waals surface area (Å²) in [5.41, 5.74) is 1.86. The molecular weight excluding hydrogens is 402 g/mol. The molecule has 0 radical (unpaired) electrons. The van der Waals surface area contributed by atoms with Crippen molar-refractivity contribution in [1.29, 1.82) is 0 Å². The van der Waals surface area contributed by atoms with Crippen molar-refractivity contribution in [3.05, 3.63) is 42.3 Å². The minimum Gasteiger partial charge on any atom is -0.444 e. The van der Waals surface area contributed by atoms with Gasteiger partial charge in [-0.1, -0.05) is 30.0 Å². The number of hydrogen-bond donors (Lipinski definition) is 0. The highest BCUT2D eigenvalue weighted by atomic mass is 32.2. The highest BCUT2D eigenvalue weighted by Gasteiger charge is 2.25. The van der Waals surface area contributed by atoms with Crippen molar-refractivity contribution in [2.24, 2.45) is 0 Å². The molecule has 0 saturated carbocycles. The summed E-state index contributed by atoms with van der Waals surface area (Å²) in [6.07, 6.45) is 4.13. The van der Waals surface area contributed by atoms with Gasteiger partial charge in [0.25, 0.3) is 0 Å². The standard InChI is InChI=1S/C21H25N5O3S/c1-2-5-16(6-3-1)19-22-17(14-29-19)15-30-21-24-23-20(25-8-11-27-12-9-25)26(21)13-18-7-4-10-28-18/h1-3,5-6,14,18H,4,7-13,15H2/t18-/m0/s1. The predicted octanol–water partition coefficient (Wildman–Crippen LogP) is 3.24. The van der Waals surface area contributed by atoms with Gasteiger partial charge in [-0.3, -0.25) is 4.57 Å². The lowest BCUT2D eigenvalue weighted by Gasteiger charge is -2.28. The van der Waals surface area contributed by atoms with Crippen molar-refractivity contribution < 1.29 is 13.9 Å². The van der Waals surface area contributed by atoms with E-state index in [0.717, 1.165) is 74.7 Å². The second-order valence-electron chi connectivity index (χ2n) is 7.43. The van der Waals surface area contributed by atoms with Crippen LogP contribution in [0.25, 0.3) is 11.5 Å². The number of morpholine rings is 1. The predicted molar refractivity (Wildman–Crippen MR) is 114 cm³/mol. The van der Waals surface area contributed by atoms with E-state index in [1.54, 1.807) is 18.0 Å². The zero-order valence-corrected chi connectivity index (χ0v) is 17.6. The Morgan fingerprint density at radius 1 is 1.07 bits per heavy atom. The molecule has 0 bridgehead atoms. The van der Waals surface area contributed by atoms with Crippen LogP contribution in [0.4, 0.5) is 5.95 Å². The summed E-state index contributed by atoms with van der Waals surface area (Å²) in [4.78, 5) is 6.88. The van der Waals surface area contributed by atoms with Gasteiger partial charge in [-0.05, 0) is 25.0 Å². The van der Waals surface area contributed by atoms with Crippen LogP contribution in [-0.4, -0.2) is 58.8 Å². The van der Waals surface area contributed by atoms with Crippen molar-refractivity contribution in [2.45, 2.75) is 36.4 Å². The molecule has 5 rings (SSSR count). The largest absolute Gasteiger partial charge is 0.444 e. The van der Waals surface area contributed by atoms with Crippen LogP contribution in [0.5, 0.6) is 0 Å². The number of benzene rings is 1. The summed E-state index contributed by atoms with van der Waals surface area (Å²) < 4.78 is 19.2. The topological polar surface area (TPSA) is 78.4 Å². The summed E-state index contributed by atoms with van der Waals surface area (Å²) in [7, 11) is 0. The van der Waals surface area contributed by atoms with Crippen molar-refractivity contribution in [2.75, 3.05) is 37.8 Å². The van der Waals surface area contributed by atoms with Gasteiger partial charge >= 0.3 is 0 Å². The fourth-order valence-corrected chi connectivity index (χ4v) is 4.58. The van der Waals surface area contributed by atoms with E-state index < -0.39 is 0 Å². The van der Waals surface area contributed by atoms with Gasteiger partial charge < -0.3 is 18.8 Å². The van der Waals surface area contributed by atoms with E-state index in [4.69, 9.17) is 13.9 Å². The van der Waals surface area contributed by atoms with Gasteiger partial charge in [-0.15, -0.1) is 10.2 Å². The molecule has 3 aromatic rings. The third-order valence-corrected chi connectivity index (χ3v) is 6.32. The number of oxazole rings is 1. The van der Waals surface area contributed by atoms with Crippen LogP contribution in [0.2, 0.25) is 0 Å². The fourth-order valence-electron chi connectivity index (χ4n) is 3.76. The maximum absolute atomic E-state index is 5.88. The molecule has 1 aromatic carbocycles. The summed E-state index contributed by atoms with van der Waals surface area (Å²) in [6.45, 7) is 4.71. The Hall–Kier alpha value is -2.36. The van der Waals surface area contributed by atoms with Crippen LogP contribution < -0.4 is 4.90 Å². The lowest BCUT2D eigenvalue weighted by atomic mass is 10.2. The summed E-state index contributed by atoms with van der Waals surface area (Å²) in [6, 6.07) is 9.94. The van der Waals surface area contributed by atoms with Gasteiger partial charge in [0.05, 0.1) is 31.6 Å².